The van der Waals surface area contributed by atoms with Crippen molar-refractivity contribution in [2.24, 2.45) is 5.92 Å². The number of ether oxygens (including phenoxy) is 1. The lowest BCUT2D eigenvalue weighted by atomic mass is 9.95. The van der Waals surface area contributed by atoms with Crippen LogP contribution < -0.4 is 4.74 Å². The van der Waals surface area contributed by atoms with E-state index in [1.807, 2.05) is 0 Å². The van der Waals surface area contributed by atoms with E-state index in [-0.39, 0.29) is 12.4 Å². The summed E-state index contributed by atoms with van der Waals surface area (Å²) in [6.07, 6.45) is 0.422. The molecular formula is C12H12O4. The van der Waals surface area contributed by atoms with E-state index < -0.39 is 11.9 Å². The summed E-state index contributed by atoms with van der Waals surface area (Å²) in [4.78, 5) is 22.0. The van der Waals surface area contributed by atoms with Crippen molar-refractivity contribution in [3.63, 3.8) is 0 Å². The van der Waals surface area contributed by atoms with Gasteiger partial charge in [0, 0.05) is 5.56 Å². The third kappa shape index (κ3) is 1.91. The first kappa shape index (κ1) is 10.7. The van der Waals surface area contributed by atoms with E-state index in [9.17, 15) is 9.59 Å². The summed E-state index contributed by atoms with van der Waals surface area (Å²) in [6, 6.07) is 5.14. The van der Waals surface area contributed by atoms with Gasteiger partial charge in [-0.3, -0.25) is 9.59 Å². The highest BCUT2D eigenvalue weighted by Crippen LogP contribution is 2.28. The Kier molecular flexibility index (Phi) is 2.64. The molecule has 0 amide bonds. The maximum atomic E-state index is 11.2. The lowest BCUT2D eigenvalue weighted by Crippen LogP contribution is -2.27. The van der Waals surface area contributed by atoms with Gasteiger partial charge in [-0.15, -0.1) is 0 Å². The number of carbonyl (C=O) groups is 2. The Morgan fingerprint density at radius 1 is 1.44 bits per heavy atom. The molecule has 2 rings (SSSR count). The van der Waals surface area contributed by atoms with Gasteiger partial charge in [-0.1, -0.05) is 0 Å². The van der Waals surface area contributed by atoms with Gasteiger partial charge in [0.05, 0.1) is 5.92 Å². The maximum Gasteiger partial charge on any atom is 0.310 e. The fourth-order valence-corrected chi connectivity index (χ4v) is 1.77. The molecule has 0 saturated carbocycles. The highest BCUT2D eigenvalue weighted by molar-refractivity contribution is 5.94. The number of ketones is 1. The maximum absolute atomic E-state index is 11.2. The molecule has 1 N–H and O–H groups in total. The van der Waals surface area contributed by atoms with Crippen molar-refractivity contribution in [1.82, 2.24) is 0 Å². The number of hydrogen-bond acceptors (Lipinski definition) is 3. The Morgan fingerprint density at radius 3 is 2.81 bits per heavy atom. The van der Waals surface area contributed by atoms with Crippen molar-refractivity contribution < 1.29 is 19.4 Å². The van der Waals surface area contributed by atoms with E-state index in [4.69, 9.17) is 9.84 Å². The first-order chi connectivity index (χ1) is 7.58. The van der Waals surface area contributed by atoms with Crippen molar-refractivity contribution >= 4 is 11.8 Å². The molecule has 0 saturated heterocycles. The summed E-state index contributed by atoms with van der Waals surface area (Å²) in [7, 11) is 0. The molecule has 1 aromatic carbocycles. The van der Waals surface area contributed by atoms with Crippen molar-refractivity contribution in [1.29, 1.82) is 0 Å². The summed E-state index contributed by atoms with van der Waals surface area (Å²) in [6.45, 7) is 1.68. The minimum atomic E-state index is -0.862. The van der Waals surface area contributed by atoms with E-state index in [0.717, 1.165) is 5.56 Å². The van der Waals surface area contributed by atoms with Crippen LogP contribution in [0.15, 0.2) is 18.2 Å². The third-order valence-corrected chi connectivity index (χ3v) is 2.72. The number of carboxylic acid groups (broad SMARTS) is 1. The average molecular weight is 220 g/mol. The van der Waals surface area contributed by atoms with Gasteiger partial charge in [0.1, 0.15) is 12.4 Å². The normalized spacial score (nSPS) is 18.4. The van der Waals surface area contributed by atoms with E-state index in [1.54, 1.807) is 18.2 Å². The van der Waals surface area contributed by atoms with E-state index in [0.29, 0.717) is 17.7 Å². The van der Waals surface area contributed by atoms with E-state index >= 15 is 0 Å². The predicted octanol–water partition coefficient (Wildman–Crippen LogP) is 1.52. The monoisotopic (exact) mass is 220 g/mol. The third-order valence-electron chi connectivity index (χ3n) is 2.72. The summed E-state index contributed by atoms with van der Waals surface area (Å²) in [5, 5.41) is 8.90. The zero-order chi connectivity index (χ0) is 11.7. The molecule has 1 heterocycles. The zero-order valence-electron chi connectivity index (χ0n) is 8.90. The molecule has 4 nitrogen and oxygen atoms in total. The number of rotatable bonds is 2. The summed E-state index contributed by atoms with van der Waals surface area (Å²) >= 11 is 0. The van der Waals surface area contributed by atoms with Crippen molar-refractivity contribution in [2.75, 3.05) is 6.61 Å². The molecule has 1 aliphatic heterocycles. The van der Waals surface area contributed by atoms with Crippen molar-refractivity contribution in [3.8, 4) is 5.75 Å². The van der Waals surface area contributed by atoms with Gasteiger partial charge in [0.2, 0.25) is 0 Å². The molecular weight excluding hydrogens is 208 g/mol. The number of carboxylic acids is 1. The molecule has 0 radical (unpaired) electrons. The van der Waals surface area contributed by atoms with Gasteiger partial charge in [0.15, 0.2) is 5.78 Å². The molecule has 1 aromatic rings. The highest BCUT2D eigenvalue weighted by atomic mass is 16.5. The largest absolute Gasteiger partial charge is 0.492 e. The molecule has 0 aromatic heterocycles. The Bertz CT molecular complexity index is 450. The van der Waals surface area contributed by atoms with Crippen molar-refractivity contribution in [2.45, 2.75) is 13.3 Å². The van der Waals surface area contributed by atoms with Gasteiger partial charge in [-0.05, 0) is 37.1 Å². The van der Waals surface area contributed by atoms with Crippen LogP contribution in [0, 0.1) is 5.92 Å². The second-order valence-electron chi connectivity index (χ2n) is 3.93. The van der Waals surface area contributed by atoms with Crippen LogP contribution >= 0.6 is 0 Å². The van der Waals surface area contributed by atoms with Crippen LogP contribution in [0.1, 0.15) is 22.8 Å². The fourth-order valence-electron chi connectivity index (χ4n) is 1.77. The second-order valence-corrected chi connectivity index (χ2v) is 3.93. The van der Waals surface area contributed by atoms with Gasteiger partial charge >= 0.3 is 5.97 Å². The number of benzene rings is 1. The number of aliphatic carboxylic acids is 1. The SMILES string of the molecule is CC(=O)c1ccc2c(c1)CC(C(=O)O)CO2. The lowest BCUT2D eigenvalue weighted by molar-refractivity contribution is -0.143. The lowest BCUT2D eigenvalue weighted by Gasteiger charge is -2.22. The number of carbonyl (C=O) groups excluding carboxylic acids is 1. The summed E-state index contributed by atoms with van der Waals surface area (Å²) < 4.78 is 5.34. The number of fused-ring (bicyclic) bond motifs is 1. The quantitative estimate of drug-likeness (QED) is 0.767. The van der Waals surface area contributed by atoms with Gasteiger partial charge in [0.25, 0.3) is 0 Å². The fraction of sp³-hybridized carbons (Fsp3) is 0.333. The molecule has 0 fully saturated rings. The second kappa shape index (κ2) is 3.96. The average Bonchev–Trinajstić information content (AvgIpc) is 2.27. The van der Waals surface area contributed by atoms with Crippen LogP contribution in [-0.2, 0) is 11.2 Å². The minimum Gasteiger partial charge on any atom is -0.492 e. The van der Waals surface area contributed by atoms with Gasteiger partial charge in [-0.25, -0.2) is 0 Å². The molecule has 0 aliphatic carbocycles. The Labute approximate surface area is 92.8 Å². The number of hydrogen-bond donors (Lipinski definition) is 1. The first-order valence-electron chi connectivity index (χ1n) is 5.07. The minimum absolute atomic E-state index is 0.0275. The molecule has 4 heteroatoms. The zero-order valence-corrected chi connectivity index (χ0v) is 8.90. The topological polar surface area (TPSA) is 63.6 Å². The molecule has 16 heavy (non-hydrogen) atoms. The predicted molar refractivity (Wildman–Crippen MR) is 56.8 cm³/mol. The molecule has 84 valence electrons. The van der Waals surface area contributed by atoms with Crippen LogP contribution in [0.3, 0.4) is 0 Å². The Morgan fingerprint density at radius 2 is 2.19 bits per heavy atom. The molecule has 1 atom stereocenters. The Hall–Kier alpha value is -1.84. The van der Waals surface area contributed by atoms with Gasteiger partial charge in [-0.2, -0.15) is 0 Å². The summed E-state index contributed by atoms with van der Waals surface area (Å²) in [5.74, 6) is -0.726. The Balaban J connectivity index is 2.32. The van der Waals surface area contributed by atoms with Gasteiger partial charge < -0.3 is 9.84 Å². The van der Waals surface area contributed by atoms with Crippen LogP contribution in [0.25, 0.3) is 0 Å². The standard InChI is InChI=1S/C12H12O4/c1-7(13)8-2-3-11-9(4-8)5-10(6-16-11)12(14)15/h2-4,10H,5-6H2,1H3,(H,14,15). The van der Waals surface area contributed by atoms with Crippen LogP contribution in [0.2, 0.25) is 0 Å². The molecule has 1 unspecified atom stereocenters. The summed E-state index contributed by atoms with van der Waals surface area (Å²) in [5.41, 5.74) is 1.39. The molecule has 1 aliphatic rings. The van der Waals surface area contributed by atoms with Crippen LogP contribution in [0.4, 0.5) is 0 Å². The number of Topliss-reactive ketones (excluding diaryl/α,β-unsaturated/α-hetero) is 1. The smallest absolute Gasteiger partial charge is 0.310 e. The van der Waals surface area contributed by atoms with Crippen LogP contribution in [-0.4, -0.2) is 23.5 Å². The molecule has 0 spiro atoms. The molecule has 0 bridgehead atoms. The van der Waals surface area contributed by atoms with Crippen molar-refractivity contribution in [3.05, 3.63) is 29.3 Å². The van der Waals surface area contributed by atoms with Crippen LogP contribution in [0.5, 0.6) is 5.75 Å². The first-order valence-corrected chi connectivity index (χ1v) is 5.07. The van der Waals surface area contributed by atoms with E-state index in [1.165, 1.54) is 6.92 Å². The van der Waals surface area contributed by atoms with E-state index in [2.05, 4.69) is 0 Å². The highest BCUT2D eigenvalue weighted by Gasteiger charge is 2.25.